The van der Waals surface area contributed by atoms with Crippen molar-refractivity contribution in [3.05, 3.63) is 24.3 Å². The van der Waals surface area contributed by atoms with Crippen molar-refractivity contribution in [2.75, 3.05) is 7.11 Å². The van der Waals surface area contributed by atoms with E-state index in [1.807, 2.05) is 24.3 Å². The summed E-state index contributed by atoms with van der Waals surface area (Å²) in [5, 5.41) is 0. The van der Waals surface area contributed by atoms with Gasteiger partial charge in [-0.25, -0.2) is 0 Å². The van der Waals surface area contributed by atoms with Crippen molar-refractivity contribution in [3.63, 3.8) is 0 Å². The van der Waals surface area contributed by atoms with Gasteiger partial charge >= 0.3 is 0 Å². The number of hydrogen-bond donors (Lipinski definition) is 0. The standard InChI is InChI=1S/C9H10O/c1-3-9(10-2)7-5-4-6-8-9/h1,4-7H,8H2,2H3. The summed E-state index contributed by atoms with van der Waals surface area (Å²) in [4.78, 5) is 0. The summed E-state index contributed by atoms with van der Waals surface area (Å²) in [7, 11) is 1.63. The van der Waals surface area contributed by atoms with Gasteiger partial charge < -0.3 is 4.74 Å². The van der Waals surface area contributed by atoms with Crippen LogP contribution in [-0.4, -0.2) is 12.7 Å². The zero-order chi connectivity index (χ0) is 7.45. The average Bonchev–Trinajstić information content (AvgIpc) is 2.06. The van der Waals surface area contributed by atoms with Crippen molar-refractivity contribution in [1.82, 2.24) is 0 Å². The summed E-state index contributed by atoms with van der Waals surface area (Å²) >= 11 is 0. The van der Waals surface area contributed by atoms with Crippen LogP contribution in [0.3, 0.4) is 0 Å². The van der Waals surface area contributed by atoms with Gasteiger partial charge in [0, 0.05) is 13.5 Å². The normalized spacial score (nSPS) is 30.0. The molecule has 0 spiro atoms. The summed E-state index contributed by atoms with van der Waals surface area (Å²) in [5.74, 6) is 2.61. The van der Waals surface area contributed by atoms with Gasteiger partial charge in [0.05, 0.1) is 0 Å². The Hall–Kier alpha value is -1.00. The molecule has 52 valence electrons. The first kappa shape index (κ1) is 7.11. The number of allylic oxidation sites excluding steroid dienone is 2. The van der Waals surface area contributed by atoms with Gasteiger partial charge in [0.15, 0.2) is 0 Å². The number of rotatable bonds is 1. The van der Waals surface area contributed by atoms with Crippen LogP contribution in [0.2, 0.25) is 0 Å². The van der Waals surface area contributed by atoms with Crippen molar-refractivity contribution in [2.24, 2.45) is 0 Å². The van der Waals surface area contributed by atoms with Crippen molar-refractivity contribution in [2.45, 2.75) is 12.0 Å². The van der Waals surface area contributed by atoms with Crippen LogP contribution in [0.15, 0.2) is 24.3 Å². The third-order valence-electron chi connectivity index (χ3n) is 1.64. The molecule has 1 rings (SSSR count). The molecule has 0 saturated heterocycles. The van der Waals surface area contributed by atoms with Gasteiger partial charge in [-0.05, 0) is 6.08 Å². The highest BCUT2D eigenvalue weighted by Gasteiger charge is 2.22. The second kappa shape index (κ2) is 2.72. The van der Waals surface area contributed by atoms with E-state index in [1.165, 1.54) is 0 Å². The van der Waals surface area contributed by atoms with Crippen LogP contribution in [0, 0.1) is 12.3 Å². The molecule has 0 bridgehead atoms. The lowest BCUT2D eigenvalue weighted by molar-refractivity contribution is 0.0844. The zero-order valence-corrected chi connectivity index (χ0v) is 6.00. The van der Waals surface area contributed by atoms with E-state index in [0.29, 0.717) is 0 Å². The lowest BCUT2D eigenvalue weighted by atomic mass is 9.96. The SMILES string of the molecule is C#CC1(OC)C=CC=CC1. The van der Waals surface area contributed by atoms with Gasteiger partial charge in [-0.2, -0.15) is 0 Å². The van der Waals surface area contributed by atoms with Crippen molar-refractivity contribution in [1.29, 1.82) is 0 Å². The number of hydrogen-bond acceptors (Lipinski definition) is 1. The molecule has 1 heteroatoms. The molecule has 1 aliphatic carbocycles. The Morgan fingerprint density at radius 3 is 2.70 bits per heavy atom. The van der Waals surface area contributed by atoms with E-state index in [1.54, 1.807) is 7.11 Å². The molecule has 1 aliphatic rings. The second-order valence-electron chi connectivity index (χ2n) is 2.23. The van der Waals surface area contributed by atoms with E-state index in [9.17, 15) is 0 Å². The van der Waals surface area contributed by atoms with E-state index in [4.69, 9.17) is 11.2 Å². The van der Waals surface area contributed by atoms with Gasteiger partial charge in [-0.3, -0.25) is 0 Å². The highest BCUT2D eigenvalue weighted by molar-refractivity contribution is 5.28. The number of methoxy groups -OCH3 is 1. The Morgan fingerprint density at radius 1 is 1.60 bits per heavy atom. The smallest absolute Gasteiger partial charge is 0.150 e. The van der Waals surface area contributed by atoms with E-state index in [0.717, 1.165) is 6.42 Å². The minimum atomic E-state index is -0.477. The van der Waals surface area contributed by atoms with E-state index in [-0.39, 0.29) is 0 Å². The molecule has 0 aromatic heterocycles. The van der Waals surface area contributed by atoms with Crippen molar-refractivity contribution >= 4 is 0 Å². The molecule has 0 fully saturated rings. The number of ether oxygens (including phenoxy) is 1. The maximum atomic E-state index is 5.29. The molecule has 1 atom stereocenters. The lowest BCUT2D eigenvalue weighted by Crippen LogP contribution is -2.26. The van der Waals surface area contributed by atoms with Crippen LogP contribution in [-0.2, 0) is 4.74 Å². The van der Waals surface area contributed by atoms with E-state index in [2.05, 4.69) is 5.92 Å². The Bertz CT molecular complexity index is 207. The molecule has 0 amide bonds. The highest BCUT2D eigenvalue weighted by Crippen LogP contribution is 2.19. The molecule has 1 nitrogen and oxygen atoms in total. The molecule has 10 heavy (non-hydrogen) atoms. The third kappa shape index (κ3) is 1.12. The van der Waals surface area contributed by atoms with Crippen LogP contribution in [0.25, 0.3) is 0 Å². The molecule has 0 aromatic rings. The Balaban J connectivity index is 2.79. The van der Waals surface area contributed by atoms with Gasteiger partial charge in [-0.1, -0.05) is 24.1 Å². The quantitative estimate of drug-likeness (QED) is 0.494. The predicted octanol–water partition coefficient (Wildman–Crippen LogP) is 1.52. The molecule has 0 heterocycles. The maximum absolute atomic E-state index is 5.29. The monoisotopic (exact) mass is 134 g/mol. The van der Waals surface area contributed by atoms with Crippen molar-refractivity contribution < 1.29 is 4.74 Å². The maximum Gasteiger partial charge on any atom is 0.150 e. The van der Waals surface area contributed by atoms with Crippen LogP contribution >= 0.6 is 0 Å². The van der Waals surface area contributed by atoms with Gasteiger partial charge in [-0.15, -0.1) is 6.42 Å². The number of terminal acetylenes is 1. The van der Waals surface area contributed by atoms with Crippen molar-refractivity contribution in [3.8, 4) is 12.3 Å². The molecular formula is C9H10O. The average molecular weight is 134 g/mol. The topological polar surface area (TPSA) is 9.23 Å². The first-order chi connectivity index (χ1) is 4.83. The third-order valence-corrected chi connectivity index (χ3v) is 1.64. The Kier molecular flexibility index (Phi) is 1.94. The molecule has 0 N–H and O–H groups in total. The fourth-order valence-corrected chi connectivity index (χ4v) is 0.918. The van der Waals surface area contributed by atoms with Gasteiger partial charge in [0.25, 0.3) is 0 Å². The molecule has 1 unspecified atom stereocenters. The van der Waals surface area contributed by atoms with E-state index < -0.39 is 5.60 Å². The first-order valence-corrected chi connectivity index (χ1v) is 3.20. The van der Waals surface area contributed by atoms with Crippen LogP contribution in [0.1, 0.15) is 6.42 Å². The van der Waals surface area contributed by atoms with Crippen LogP contribution in [0.4, 0.5) is 0 Å². The fourth-order valence-electron chi connectivity index (χ4n) is 0.918. The lowest BCUT2D eigenvalue weighted by Gasteiger charge is -2.22. The van der Waals surface area contributed by atoms with E-state index >= 15 is 0 Å². The largest absolute Gasteiger partial charge is 0.362 e. The molecule has 0 aliphatic heterocycles. The molecule has 0 radical (unpaired) electrons. The minimum Gasteiger partial charge on any atom is -0.362 e. The van der Waals surface area contributed by atoms with Crippen LogP contribution in [0.5, 0.6) is 0 Å². The summed E-state index contributed by atoms with van der Waals surface area (Å²) in [6, 6.07) is 0. The summed E-state index contributed by atoms with van der Waals surface area (Å²) in [6.07, 6.45) is 13.8. The summed E-state index contributed by atoms with van der Waals surface area (Å²) in [5.41, 5.74) is -0.477. The molecule has 0 saturated carbocycles. The summed E-state index contributed by atoms with van der Waals surface area (Å²) in [6.45, 7) is 0. The first-order valence-electron chi connectivity index (χ1n) is 3.20. The highest BCUT2D eigenvalue weighted by atomic mass is 16.5. The fraction of sp³-hybridized carbons (Fsp3) is 0.333. The Morgan fingerprint density at radius 2 is 2.40 bits per heavy atom. The zero-order valence-electron chi connectivity index (χ0n) is 6.00. The molecule has 0 aromatic carbocycles. The molecular weight excluding hydrogens is 124 g/mol. The minimum absolute atomic E-state index is 0.477. The van der Waals surface area contributed by atoms with Crippen LogP contribution < -0.4 is 0 Å². The second-order valence-corrected chi connectivity index (χ2v) is 2.23. The van der Waals surface area contributed by atoms with Gasteiger partial charge in [0.2, 0.25) is 0 Å². The Labute approximate surface area is 61.4 Å². The van der Waals surface area contributed by atoms with Gasteiger partial charge in [0.1, 0.15) is 5.60 Å². The summed E-state index contributed by atoms with van der Waals surface area (Å²) < 4.78 is 5.15. The predicted molar refractivity (Wildman–Crippen MR) is 41.5 cm³/mol.